The average Bonchev–Trinajstić information content (AvgIpc) is 2.41. The van der Waals surface area contributed by atoms with Crippen molar-refractivity contribution < 1.29 is 9.84 Å². The highest BCUT2D eigenvalue weighted by atomic mass is 16.5. The number of anilines is 2. The van der Waals surface area contributed by atoms with Crippen LogP contribution in [0.5, 0.6) is 6.01 Å². The first-order valence-corrected chi connectivity index (χ1v) is 6.74. The Bertz CT molecular complexity index is 467. The lowest BCUT2D eigenvalue weighted by atomic mass is 9.81. The molecule has 0 radical (unpaired) electrons. The number of hydrazine groups is 1. The standard InChI is InChI=1S/C12H22N6O2/c1-4-20-11-15-9(17-13)14-10(16-11)18-6-5-8(19)12(2,3)7-18/h8,19H,4-7,13H2,1-3H3,(H,14,15,16,17). The number of nitrogens with two attached hydrogens (primary N) is 1. The van der Waals surface area contributed by atoms with Crippen LogP contribution in [0.15, 0.2) is 0 Å². The molecule has 112 valence electrons. The Balaban J connectivity index is 2.25. The van der Waals surface area contributed by atoms with Crippen molar-refractivity contribution in [3.63, 3.8) is 0 Å². The first-order valence-electron chi connectivity index (χ1n) is 6.74. The van der Waals surface area contributed by atoms with Crippen LogP contribution in [0.3, 0.4) is 0 Å². The zero-order chi connectivity index (χ0) is 14.8. The number of aliphatic hydroxyl groups is 1. The van der Waals surface area contributed by atoms with E-state index in [1.165, 1.54) is 0 Å². The summed E-state index contributed by atoms with van der Waals surface area (Å²) in [5.74, 6) is 6.15. The molecule has 1 aliphatic heterocycles. The predicted molar refractivity (Wildman–Crippen MR) is 75.4 cm³/mol. The van der Waals surface area contributed by atoms with Crippen molar-refractivity contribution in [1.29, 1.82) is 0 Å². The molecule has 0 aromatic carbocycles. The van der Waals surface area contributed by atoms with Crippen LogP contribution >= 0.6 is 0 Å². The number of aromatic nitrogens is 3. The van der Waals surface area contributed by atoms with Crippen molar-refractivity contribution in [3.05, 3.63) is 0 Å². The molecule has 0 bridgehead atoms. The fourth-order valence-electron chi connectivity index (χ4n) is 2.26. The van der Waals surface area contributed by atoms with Gasteiger partial charge in [-0.05, 0) is 13.3 Å². The van der Waals surface area contributed by atoms with E-state index in [4.69, 9.17) is 10.6 Å². The van der Waals surface area contributed by atoms with Crippen LogP contribution < -0.4 is 20.9 Å². The highest BCUT2D eigenvalue weighted by Gasteiger charge is 2.35. The number of nitrogens with one attached hydrogen (secondary N) is 1. The third kappa shape index (κ3) is 3.07. The maximum Gasteiger partial charge on any atom is 0.323 e. The van der Waals surface area contributed by atoms with Crippen LogP contribution in [-0.4, -0.2) is 45.9 Å². The largest absolute Gasteiger partial charge is 0.464 e. The number of aliphatic hydroxyl groups excluding tert-OH is 1. The molecule has 1 atom stereocenters. The zero-order valence-electron chi connectivity index (χ0n) is 12.1. The maximum atomic E-state index is 10.0. The van der Waals surface area contributed by atoms with Gasteiger partial charge in [-0.25, -0.2) is 5.84 Å². The molecule has 1 aromatic rings. The summed E-state index contributed by atoms with van der Waals surface area (Å²) in [5.41, 5.74) is 2.20. The molecule has 8 nitrogen and oxygen atoms in total. The molecule has 1 fully saturated rings. The third-order valence-corrected chi connectivity index (χ3v) is 3.46. The van der Waals surface area contributed by atoms with E-state index in [-0.39, 0.29) is 23.5 Å². The molecule has 2 heterocycles. The van der Waals surface area contributed by atoms with E-state index in [1.807, 2.05) is 25.7 Å². The lowest BCUT2D eigenvalue weighted by molar-refractivity contribution is 0.0331. The Kier molecular flexibility index (Phi) is 4.24. The molecular weight excluding hydrogens is 260 g/mol. The summed E-state index contributed by atoms with van der Waals surface area (Å²) in [6, 6.07) is 0.245. The van der Waals surface area contributed by atoms with Gasteiger partial charge < -0.3 is 14.7 Å². The van der Waals surface area contributed by atoms with Gasteiger partial charge in [0.05, 0.1) is 12.7 Å². The quantitative estimate of drug-likeness (QED) is 0.529. The first-order chi connectivity index (χ1) is 9.46. The fraction of sp³-hybridized carbons (Fsp3) is 0.750. The van der Waals surface area contributed by atoms with Crippen LogP contribution in [0, 0.1) is 5.41 Å². The molecule has 0 aliphatic carbocycles. The fourth-order valence-corrected chi connectivity index (χ4v) is 2.26. The van der Waals surface area contributed by atoms with E-state index in [0.717, 1.165) is 0 Å². The monoisotopic (exact) mass is 282 g/mol. The van der Waals surface area contributed by atoms with Gasteiger partial charge in [0.2, 0.25) is 11.9 Å². The Hall–Kier alpha value is -1.67. The van der Waals surface area contributed by atoms with Gasteiger partial charge in [0, 0.05) is 18.5 Å². The molecule has 0 amide bonds. The van der Waals surface area contributed by atoms with Crippen molar-refractivity contribution in [2.45, 2.75) is 33.3 Å². The second-order valence-electron chi connectivity index (χ2n) is 5.53. The van der Waals surface area contributed by atoms with Crippen molar-refractivity contribution in [3.8, 4) is 6.01 Å². The van der Waals surface area contributed by atoms with Crippen molar-refractivity contribution in [2.24, 2.45) is 11.3 Å². The normalized spacial score (nSPS) is 21.6. The summed E-state index contributed by atoms with van der Waals surface area (Å²) < 4.78 is 5.32. The number of hydrogen-bond donors (Lipinski definition) is 3. The number of nitrogen functional groups attached to an aromatic ring is 1. The Morgan fingerprint density at radius 3 is 2.80 bits per heavy atom. The Morgan fingerprint density at radius 1 is 1.45 bits per heavy atom. The van der Waals surface area contributed by atoms with Gasteiger partial charge in [0.1, 0.15) is 0 Å². The van der Waals surface area contributed by atoms with Gasteiger partial charge >= 0.3 is 6.01 Å². The minimum Gasteiger partial charge on any atom is -0.464 e. The van der Waals surface area contributed by atoms with Gasteiger partial charge in [-0.1, -0.05) is 13.8 Å². The van der Waals surface area contributed by atoms with Gasteiger partial charge in [0.25, 0.3) is 0 Å². The molecule has 20 heavy (non-hydrogen) atoms. The van der Waals surface area contributed by atoms with Gasteiger partial charge in [-0.15, -0.1) is 0 Å². The van der Waals surface area contributed by atoms with Crippen molar-refractivity contribution in [2.75, 3.05) is 30.0 Å². The minimum atomic E-state index is -0.320. The molecule has 8 heteroatoms. The van der Waals surface area contributed by atoms with E-state index in [1.54, 1.807) is 0 Å². The number of rotatable bonds is 4. The number of piperidine rings is 1. The van der Waals surface area contributed by atoms with E-state index in [9.17, 15) is 5.11 Å². The second kappa shape index (κ2) is 5.76. The SMILES string of the molecule is CCOc1nc(NN)nc(N2CCC(O)C(C)(C)C2)n1. The summed E-state index contributed by atoms with van der Waals surface area (Å²) >= 11 is 0. The van der Waals surface area contributed by atoms with Gasteiger partial charge in [-0.2, -0.15) is 15.0 Å². The summed E-state index contributed by atoms with van der Waals surface area (Å²) in [6.45, 7) is 7.72. The van der Waals surface area contributed by atoms with Crippen LogP contribution in [0.1, 0.15) is 27.2 Å². The lowest BCUT2D eigenvalue weighted by Gasteiger charge is -2.41. The molecule has 4 N–H and O–H groups in total. The van der Waals surface area contributed by atoms with E-state index in [2.05, 4.69) is 20.4 Å². The molecule has 0 saturated carbocycles. The Labute approximate surface area is 118 Å². The molecule has 1 unspecified atom stereocenters. The van der Waals surface area contributed by atoms with Gasteiger partial charge in [0.15, 0.2) is 0 Å². The van der Waals surface area contributed by atoms with E-state index >= 15 is 0 Å². The third-order valence-electron chi connectivity index (χ3n) is 3.46. The zero-order valence-corrected chi connectivity index (χ0v) is 12.1. The van der Waals surface area contributed by atoms with Crippen molar-refractivity contribution in [1.82, 2.24) is 15.0 Å². The Morgan fingerprint density at radius 2 is 2.20 bits per heavy atom. The highest BCUT2D eigenvalue weighted by Crippen LogP contribution is 2.31. The maximum absolute atomic E-state index is 10.0. The van der Waals surface area contributed by atoms with Crippen LogP contribution in [-0.2, 0) is 0 Å². The second-order valence-corrected chi connectivity index (χ2v) is 5.53. The van der Waals surface area contributed by atoms with E-state index < -0.39 is 0 Å². The predicted octanol–water partition coefficient (Wildman–Crippen LogP) is 0.153. The van der Waals surface area contributed by atoms with Crippen LogP contribution in [0.25, 0.3) is 0 Å². The van der Waals surface area contributed by atoms with E-state index in [0.29, 0.717) is 32.1 Å². The number of ether oxygens (including phenoxy) is 1. The summed E-state index contributed by atoms with van der Waals surface area (Å²) in [7, 11) is 0. The van der Waals surface area contributed by atoms with Crippen molar-refractivity contribution >= 4 is 11.9 Å². The number of nitrogens with zero attached hydrogens (tertiary/aromatic N) is 4. The highest BCUT2D eigenvalue weighted by molar-refractivity contribution is 5.38. The summed E-state index contributed by atoms with van der Waals surface area (Å²) in [6.07, 6.45) is 0.354. The molecular formula is C12H22N6O2. The average molecular weight is 282 g/mol. The molecule has 2 rings (SSSR count). The van der Waals surface area contributed by atoms with Crippen LogP contribution in [0.4, 0.5) is 11.9 Å². The smallest absolute Gasteiger partial charge is 0.323 e. The minimum absolute atomic E-state index is 0.215. The molecule has 0 spiro atoms. The molecule has 1 aromatic heterocycles. The molecule has 1 aliphatic rings. The van der Waals surface area contributed by atoms with Crippen LogP contribution in [0.2, 0.25) is 0 Å². The topological polar surface area (TPSA) is 109 Å². The summed E-state index contributed by atoms with van der Waals surface area (Å²) in [4.78, 5) is 14.6. The van der Waals surface area contributed by atoms with Gasteiger partial charge in [-0.3, -0.25) is 5.43 Å². The number of hydrogen-bond acceptors (Lipinski definition) is 8. The summed E-state index contributed by atoms with van der Waals surface area (Å²) in [5, 5.41) is 10.0. The first kappa shape index (κ1) is 14.7. The lowest BCUT2D eigenvalue weighted by Crippen LogP contribution is -2.49. The molecule has 1 saturated heterocycles.